The highest BCUT2D eigenvalue weighted by molar-refractivity contribution is 5.96. The van der Waals surface area contributed by atoms with Crippen LogP contribution in [0.15, 0.2) is 40.9 Å². The van der Waals surface area contributed by atoms with Crippen LogP contribution in [-0.2, 0) is 6.54 Å². The molecule has 0 aliphatic carbocycles. The van der Waals surface area contributed by atoms with E-state index in [2.05, 4.69) is 15.2 Å². The molecule has 0 spiro atoms. The van der Waals surface area contributed by atoms with Crippen LogP contribution in [-0.4, -0.2) is 56.8 Å². The molecule has 1 fully saturated rings. The lowest BCUT2D eigenvalue weighted by atomic mass is 10.1. The van der Waals surface area contributed by atoms with Crippen LogP contribution in [0.4, 0.5) is 0 Å². The fourth-order valence-corrected chi connectivity index (χ4v) is 3.75. The topological polar surface area (TPSA) is 67.4 Å². The van der Waals surface area contributed by atoms with Gasteiger partial charge >= 0.3 is 0 Å². The van der Waals surface area contributed by atoms with Crippen molar-refractivity contribution in [1.29, 1.82) is 0 Å². The van der Waals surface area contributed by atoms with Gasteiger partial charge < -0.3 is 9.42 Å². The summed E-state index contributed by atoms with van der Waals surface area (Å²) in [5, 5.41) is 8.55. The molecule has 4 rings (SSSR count). The van der Waals surface area contributed by atoms with Gasteiger partial charge in [0.1, 0.15) is 0 Å². The Balaban J connectivity index is 1.45. The molecule has 1 saturated heterocycles. The Kier molecular flexibility index (Phi) is 5.00. The largest absolute Gasteiger partial charge is 0.360 e. The van der Waals surface area contributed by atoms with E-state index in [4.69, 9.17) is 4.52 Å². The molecule has 1 aliphatic heterocycles. The maximum atomic E-state index is 13.2. The van der Waals surface area contributed by atoms with E-state index in [1.807, 2.05) is 66.8 Å². The van der Waals surface area contributed by atoms with Gasteiger partial charge in [0.15, 0.2) is 5.76 Å². The monoisotopic (exact) mass is 379 g/mol. The van der Waals surface area contributed by atoms with Crippen molar-refractivity contribution in [2.24, 2.45) is 0 Å². The minimum Gasteiger partial charge on any atom is -0.360 e. The Labute approximate surface area is 164 Å². The quantitative estimate of drug-likeness (QED) is 0.697. The molecule has 2 aromatic heterocycles. The van der Waals surface area contributed by atoms with Crippen LogP contribution >= 0.6 is 0 Å². The van der Waals surface area contributed by atoms with E-state index in [0.29, 0.717) is 18.7 Å². The lowest BCUT2D eigenvalue weighted by Crippen LogP contribution is -2.48. The molecule has 3 aromatic rings. The van der Waals surface area contributed by atoms with Gasteiger partial charge in [0, 0.05) is 32.2 Å². The third-order valence-electron chi connectivity index (χ3n) is 5.22. The SMILES string of the molecule is Cc1cc(CN2CCN(C(=O)c3c(C)nn(-c4ccccc4)c3C)CC2)on1. The van der Waals surface area contributed by atoms with Gasteiger partial charge in [-0.25, -0.2) is 4.68 Å². The van der Waals surface area contributed by atoms with Crippen LogP contribution in [0.1, 0.15) is 33.2 Å². The van der Waals surface area contributed by atoms with Crippen LogP contribution in [0.3, 0.4) is 0 Å². The first-order chi connectivity index (χ1) is 13.5. The van der Waals surface area contributed by atoms with Crippen LogP contribution in [0, 0.1) is 20.8 Å². The number of rotatable bonds is 4. The molecule has 0 bridgehead atoms. The number of amides is 1. The van der Waals surface area contributed by atoms with E-state index in [0.717, 1.165) is 48.2 Å². The highest BCUT2D eigenvalue weighted by atomic mass is 16.5. The van der Waals surface area contributed by atoms with Gasteiger partial charge in [-0.05, 0) is 32.9 Å². The minimum atomic E-state index is 0.0624. The van der Waals surface area contributed by atoms with Gasteiger partial charge in [-0.3, -0.25) is 9.69 Å². The number of hydrogen-bond acceptors (Lipinski definition) is 5. The zero-order valence-corrected chi connectivity index (χ0v) is 16.6. The predicted molar refractivity (Wildman–Crippen MR) is 105 cm³/mol. The van der Waals surface area contributed by atoms with Crippen molar-refractivity contribution in [1.82, 2.24) is 24.7 Å². The second kappa shape index (κ2) is 7.59. The van der Waals surface area contributed by atoms with Gasteiger partial charge in [-0.1, -0.05) is 23.4 Å². The number of nitrogens with zero attached hydrogens (tertiary/aromatic N) is 5. The summed E-state index contributed by atoms with van der Waals surface area (Å²) >= 11 is 0. The first kappa shape index (κ1) is 18.4. The maximum Gasteiger partial charge on any atom is 0.257 e. The van der Waals surface area contributed by atoms with Gasteiger partial charge in [0.2, 0.25) is 0 Å². The maximum absolute atomic E-state index is 13.2. The molecule has 1 aromatic carbocycles. The predicted octanol–water partition coefficient (Wildman–Crippen LogP) is 2.74. The average Bonchev–Trinajstić information content (AvgIpc) is 3.24. The van der Waals surface area contributed by atoms with Crippen molar-refractivity contribution in [3.05, 3.63) is 64.8 Å². The van der Waals surface area contributed by atoms with Crippen LogP contribution < -0.4 is 0 Å². The summed E-state index contributed by atoms with van der Waals surface area (Å²) in [5.74, 6) is 0.931. The average molecular weight is 379 g/mol. The zero-order valence-electron chi connectivity index (χ0n) is 16.6. The normalized spacial score (nSPS) is 15.2. The number of benzene rings is 1. The van der Waals surface area contributed by atoms with Gasteiger partial charge in [-0.2, -0.15) is 5.10 Å². The molecule has 0 atom stereocenters. The number of hydrogen-bond donors (Lipinski definition) is 0. The number of carbonyl (C=O) groups is 1. The molecule has 1 amide bonds. The number of piperazine rings is 1. The van der Waals surface area contributed by atoms with Crippen LogP contribution in [0.2, 0.25) is 0 Å². The lowest BCUT2D eigenvalue weighted by Gasteiger charge is -2.34. The summed E-state index contributed by atoms with van der Waals surface area (Å²) in [7, 11) is 0. The Morgan fingerprint density at radius 1 is 1.07 bits per heavy atom. The van der Waals surface area contributed by atoms with Crippen molar-refractivity contribution in [3.8, 4) is 5.69 Å². The van der Waals surface area contributed by atoms with Gasteiger partial charge in [0.25, 0.3) is 5.91 Å². The number of para-hydroxylation sites is 1. The molecular formula is C21H25N5O2. The van der Waals surface area contributed by atoms with E-state index >= 15 is 0 Å². The second-order valence-corrected chi connectivity index (χ2v) is 7.30. The van der Waals surface area contributed by atoms with Crippen molar-refractivity contribution >= 4 is 5.91 Å². The lowest BCUT2D eigenvalue weighted by molar-refractivity contribution is 0.0616. The molecule has 146 valence electrons. The molecule has 0 unspecified atom stereocenters. The molecular weight excluding hydrogens is 354 g/mol. The summed E-state index contributed by atoms with van der Waals surface area (Å²) in [6.07, 6.45) is 0. The van der Waals surface area contributed by atoms with E-state index in [1.165, 1.54) is 0 Å². The Morgan fingerprint density at radius 3 is 2.43 bits per heavy atom. The van der Waals surface area contributed by atoms with E-state index < -0.39 is 0 Å². The first-order valence-corrected chi connectivity index (χ1v) is 9.58. The highest BCUT2D eigenvalue weighted by Crippen LogP contribution is 2.20. The summed E-state index contributed by atoms with van der Waals surface area (Å²) in [4.78, 5) is 17.4. The number of carbonyl (C=O) groups excluding carboxylic acids is 1. The van der Waals surface area contributed by atoms with Crippen molar-refractivity contribution in [3.63, 3.8) is 0 Å². The van der Waals surface area contributed by atoms with E-state index in [9.17, 15) is 4.79 Å². The molecule has 1 aliphatic rings. The fraction of sp³-hybridized carbons (Fsp3) is 0.381. The van der Waals surface area contributed by atoms with E-state index in [-0.39, 0.29) is 5.91 Å². The number of aromatic nitrogens is 3. The second-order valence-electron chi connectivity index (χ2n) is 7.30. The fourth-order valence-electron chi connectivity index (χ4n) is 3.75. The smallest absolute Gasteiger partial charge is 0.257 e. The Bertz CT molecular complexity index is 968. The molecule has 0 N–H and O–H groups in total. The van der Waals surface area contributed by atoms with Gasteiger partial charge in [-0.15, -0.1) is 0 Å². The first-order valence-electron chi connectivity index (χ1n) is 9.58. The summed E-state index contributed by atoms with van der Waals surface area (Å²) in [6.45, 7) is 9.54. The Hall–Kier alpha value is -2.93. The molecule has 0 radical (unpaired) electrons. The zero-order chi connectivity index (χ0) is 19.7. The highest BCUT2D eigenvalue weighted by Gasteiger charge is 2.27. The third-order valence-corrected chi connectivity index (χ3v) is 5.22. The number of aryl methyl sites for hydroxylation is 2. The molecule has 0 saturated carbocycles. The van der Waals surface area contributed by atoms with E-state index in [1.54, 1.807) is 0 Å². The van der Waals surface area contributed by atoms with Crippen molar-refractivity contribution in [2.75, 3.05) is 26.2 Å². The Morgan fingerprint density at radius 2 is 1.79 bits per heavy atom. The molecule has 28 heavy (non-hydrogen) atoms. The minimum absolute atomic E-state index is 0.0624. The molecule has 7 nitrogen and oxygen atoms in total. The van der Waals surface area contributed by atoms with Crippen molar-refractivity contribution in [2.45, 2.75) is 27.3 Å². The summed E-state index contributed by atoms with van der Waals surface area (Å²) < 4.78 is 7.16. The summed E-state index contributed by atoms with van der Waals surface area (Å²) in [6, 6.07) is 11.9. The van der Waals surface area contributed by atoms with Gasteiger partial charge in [0.05, 0.1) is 34.9 Å². The summed E-state index contributed by atoms with van der Waals surface area (Å²) in [5.41, 5.74) is 4.22. The molecule has 7 heteroatoms. The third kappa shape index (κ3) is 3.57. The standard InChI is InChI=1S/C21H25N5O2/c1-15-13-19(28-23-15)14-24-9-11-25(12-10-24)21(27)20-16(2)22-26(17(20)3)18-7-5-4-6-8-18/h4-8,13H,9-12,14H2,1-3H3. The van der Waals surface area contributed by atoms with Crippen LogP contribution in [0.5, 0.6) is 0 Å². The van der Waals surface area contributed by atoms with Crippen molar-refractivity contribution < 1.29 is 9.32 Å². The molecule has 3 heterocycles. The van der Waals surface area contributed by atoms with Crippen LogP contribution in [0.25, 0.3) is 5.69 Å².